The van der Waals surface area contributed by atoms with Crippen molar-refractivity contribution in [1.82, 2.24) is 4.90 Å². The normalized spacial score (nSPS) is 17.3. The number of nitrogens with one attached hydrogen (secondary N) is 1. The standard InChI is InChI=1S/C22H23N3O4S/c1-4-25-21(28)19(30-22(25)23-16-11-9-14(2)10-12-16)13-20(27)24-17-7-5-6-8-18(17)29-15(3)26/h5-12,19H,4,13H2,1-3H3,(H,24,27)/t19-/m0/s1. The number of aryl methyl sites for hydroxylation is 1. The van der Waals surface area contributed by atoms with Crippen molar-refractivity contribution in [2.24, 2.45) is 4.99 Å². The molecule has 0 spiro atoms. The Kier molecular flexibility index (Phi) is 6.89. The highest BCUT2D eigenvalue weighted by molar-refractivity contribution is 8.15. The van der Waals surface area contributed by atoms with E-state index in [1.807, 2.05) is 38.1 Å². The van der Waals surface area contributed by atoms with E-state index < -0.39 is 11.2 Å². The summed E-state index contributed by atoms with van der Waals surface area (Å²) in [7, 11) is 0. The number of aliphatic imine (C=N–C) groups is 1. The molecular weight excluding hydrogens is 402 g/mol. The molecule has 0 radical (unpaired) electrons. The summed E-state index contributed by atoms with van der Waals surface area (Å²) in [6.45, 7) is 5.64. The van der Waals surface area contributed by atoms with Gasteiger partial charge in [-0.25, -0.2) is 4.99 Å². The molecule has 0 saturated carbocycles. The fraction of sp³-hybridized carbons (Fsp3) is 0.273. The van der Waals surface area contributed by atoms with E-state index in [-0.39, 0.29) is 24.0 Å². The van der Waals surface area contributed by atoms with Gasteiger partial charge < -0.3 is 10.1 Å². The van der Waals surface area contributed by atoms with Gasteiger partial charge in [0.25, 0.3) is 0 Å². The molecule has 1 aliphatic heterocycles. The number of hydrogen-bond donors (Lipinski definition) is 1. The Hall–Kier alpha value is -3.13. The van der Waals surface area contributed by atoms with Crippen LogP contribution in [0.1, 0.15) is 25.8 Å². The highest BCUT2D eigenvalue weighted by Gasteiger charge is 2.38. The second-order valence-electron chi connectivity index (χ2n) is 6.76. The number of anilines is 1. The molecule has 1 heterocycles. The van der Waals surface area contributed by atoms with Crippen LogP contribution < -0.4 is 10.1 Å². The van der Waals surface area contributed by atoms with Gasteiger partial charge in [0.1, 0.15) is 5.25 Å². The molecule has 0 bridgehead atoms. The summed E-state index contributed by atoms with van der Waals surface area (Å²) in [5.41, 5.74) is 2.27. The zero-order valence-corrected chi connectivity index (χ0v) is 17.9. The summed E-state index contributed by atoms with van der Waals surface area (Å²) < 4.78 is 5.11. The Morgan fingerprint density at radius 3 is 2.53 bits per heavy atom. The number of amides is 2. The van der Waals surface area contributed by atoms with Crippen molar-refractivity contribution in [2.75, 3.05) is 11.9 Å². The third-order valence-corrected chi connectivity index (χ3v) is 5.56. The molecule has 2 aromatic rings. The average molecular weight is 426 g/mol. The highest BCUT2D eigenvalue weighted by atomic mass is 32.2. The van der Waals surface area contributed by atoms with Crippen molar-refractivity contribution in [3.8, 4) is 5.75 Å². The van der Waals surface area contributed by atoms with Gasteiger partial charge in [0.05, 0.1) is 11.4 Å². The minimum absolute atomic E-state index is 0.0126. The molecule has 0 unspecified atom stereocenters. The zero-order chi connectivity index (χ0) is 21.7. The number of benzene rings is 2. The summed E-state index contributed by atoms with van der Waals surface area (Å²) >= 11 is 1.28. The number of nitrogens with zero attached hydrogens (tertiary/aromatic N) is 2. The number of hydrogen-bond acceptors (Lipinski definition) is 6. The van der Waals surface area contributed by atoms with E-state index in [4.69, 9.17) is 4.74 Å². The van der Waals surface area contributed by atoms with Crippen LogP contribution in [0.3, 0.4) is 0 Å². The molecule has 3 rings (SSSR count). The fourth-order valence-corrected chi connectivity index (χ4v) is 4.15. The van der Waals surface area contributed by atoms with Crippen molar-refractivity contribution in [3.05, 3.63) is 54.1 Å². The molecule has 1 N–H and O–H groups in total. The van der Waals surface area contributed by atoms with Gasteiger partial charge in [-0.2, -0.15) is 0 Å². The number of para-hydroxylation sites is 2. The Labute approximate surface area is 179 Å². The molecule has 2 aromatic carbocycles. The van der Waals surface area contributed by atoms with Gasteiger partial charge in [-0.15, -0.1) is 0 Å². The lowest BCUT2D eigenvalue weighted by molar-refractivity contribution is -0.132. The lowest BCUT2D eigenvalue weighted by Gasteiger charge is -2.13. The maximum absolute atomic E-state index is 12.8. The highest BCUT2D eigenvalue weighted by Crippen LogP contribution is 2.32. The molecule has 7 nitrogen and oxygen atoms in total. The molecule has 30 heavy (non-hydrogen) atoms. The van der Waals surface area contributed by atoms with Crippen molar-refractivity contribution >= 4 is 46.1 Å². The van der Waals surface area contributed by atoms with Crippen LogP contribution in [0, 0.1) is 6.92 Å². The lowest BCUT2D eigenvalue weighted by atomic mass is 10.2. The minimum atomic E-state index is -0.560. The van der Waals surface area contributed by atoms with Crippen LogP contribution in [-0.4, -0.2) is 39.6 Å². The number of thioether (sulfide) groups is 1. The third kappa shape index (κ3) is 5.27. The van der Waals surface area contributed by atoms with Crippen molar-refractivity contribution in [2.45, 2.75) is 32.4 Å². The first-order chi connectivity index (χ1) is 14.4. The summed E-state index contributed by atoms with van der Waals surface area (Å²) in [4.78, 5) is 42.8. The number of esters is 1. The molecular formula is C22H23N3O4S. The first-order valence-electron chi connectivity index (χ1n) is 9.58. The van der Waals surface area contributed by atoms with Crippen LogP contribution >= 0.6 is 11.8 Å². The van der Waals surface area contributed by atoms with E-state index in [2.05, 4.69) is 10.3 Å². The molecule has 0 aromatic heterocycles. The van der Waals surface area contributed by atoms with E-state index in [9.17, 15) is 14.4 Å². The van der Waals surface area contributed by atoms with Gasteiger partial charge in [-0.1, -0.05) is 41.6 Å². The van der Waals surface area contributed by atoms with Crippen LogP contribution in [0.5, 0.6) is 5.75 Å². The topological polar surface area (TPSA) is 88.1 Å². The maximum atomic E-state index is 12.8. The van der Waals surface area contributed by atoms with Crippen LogP contribution in [0.15, 0.2) is 53.5 Å². The molecule has 8 heteroatoms. The summed E-state index contributed by atoms with van der Waals surface area (Å²) in [6, 6.07) is 14.4. The monoisotopic (exact) mass is 425 g/mol. The summed E-state index contributed by atoms with van der Waals surface area (Å²) in [6.07, 6.45) is -0.0126. The summed E-state index contributed by atoms with van der Waals surface area (Å²) in [5.74, 6) is -0.695. The first kappa shape index (κ1) is 21.6. The van der Waals surface area contributed by atoms with Crippen LogP contribution in [0.2, 0.25) is 0 Å². The zero-order valence-electron chi connectivity index (χ0n) is 17.0. The molecule has 0 aliphatic carbocycles. The van der Waals surface area contributed by atoms with Crippen LogP contribution in [0.25, 0.3) is 0 Å². The SMILES string of the molecule is CCN1C(=O)[C@H](CC(=O)Nc2ccccc2OC(C)=O)SC1=Nc1ccc(C)cc1. The number of ether oxygens (including phenoxy) is 1. The average Bonchev–Trinajstić information content (AvgIpc) is 2.99. The fourth-order valence-electron chi connectivity index (χ4n) is 2.93. The molecule has 1 fully saturated rings. The van der Waals surface area contributed by atoms with Crippen LogP contribution in [0.4, 0.5) is 11.4 Å². The number of carbonyl (C=O) groups excluding carboxylic acids is 3. The van der Waals surface area contributed by atoms with Crippen molar-refractivity contribution in [3.63, 3.8) is 0 Å². The third-order valence-electron chi connectivity index (χ3n) is 4.38. The molecule has 1 saturated heterocycles. The van der Waals surface area contributed by atoms with Gasteiger partial charge >= 0.3 is 5.97 Å². The second-order valence-corrected chi connectivity index (χ2v) is 7.93. The molecule has 156 valence electrons. The van der Waals surface area contributed by atoms with Gasteiger partial charge in [0, 0.05) is 19.9 Å². The maximum Gasteiger partial charge on any atom is 0.308 e. The van der Waals surface area contributed by atoms with E-state index in [0.29, 0.717) is 17.4 Å². The van der Waals surface area contributed by atoms with E-state index >= 15 is 0 Å². The number of carbonyl (C=O) groups is 3. The Balaban J connectivity index is 1.71. The number of rotatable bonds is 6. The smallest absolute Gasteiger partial charge is 0.308 e. The van der Waals surface area contributed by atoms with Gasteiger partial charge in [-0.05, 0) is 38.1 Å². The second kappa shape index (κ2) is 9.58. The predicted octanol–water partition coefficient (Wildman–Crippen LogP) is 3.90. The largest absolute Gasteiger partial charge is 0.424 e. The molecule has 2 amide bonds. The van der Waals surface area contributed by atoms with E-state index in [0.717, 1.165) is 11.3 Å². The van der Waals surface area contributed by atoms with E-state index in [1.165, 1.54) is 18.7 Å². The number of amidine groups is 1. The Morgan fingerprint density at radius 1 is 1.17 bits per heavy atom. The van der Waals surface area contributed by atoms with Gasteiger partial charge in [0.15, 0.2) is 10.9 Å². The van der Waals surface area contributed by atoms with Crippen LogP contribution in [-0.2, 0) is 14.4 Å². The van der Waals surface area contributed by atoms with Crippen molar-refractivity contribution in [1.29, 1.82) is 0 Å². The summed E-state index contributed by atoms with van der Waals surface area (Å²) in [5, 5.41) is 2.75. The van der Waals surface area contributed by atoms with Gasteiger partial charge in [-0.3, -0.25) is 19.3 Å². The minimum Gasteiger partial charge on any atom is -0.424 e. The first-order valence-corrected chi connectivity index (χ1v) is 10.5. The molecule has 1 atom stereocenters. The predicted molar refractivity (Wildman–Crippen MR) is 118 cm³/mol. The van der Waals surface area contributed by atoms with Gasteiger partial charge in [0.2, 0.25) is 11.8 Å². The quantitative estimate of drug-likeness (QED) is 0.560. The lowest BCUT2D eigenvalue weighted by Crippen LogP contribution is -2.33. The Bertz CT molecular complexity index is 988. The van der Waals surface area contributed by atoms with Crippen molar-refractivity contribution < 1.29 is 19.1 Å². The molecule has 1 aliphatic rings. The Morgan fingerprint density at radius 2 is 1.87 bits per heavy atom. The van der Waals surface area contributed by atoms with E-state index in [1.54, 1.807) is 29.2 Å².